The van der Waals surface area contributed by atoms with Gasteiger partial charge in [0, 0.05) is 39.3 Å². The molecule has 2 aromatic rings. The molecule has 1 nitrogen and oxygen atoms in total. The molecule has 0 saturated carbocycles. The fourth-order valence-corrected chi connectivity index (χ4v) is 4.54. The lowest BCUT2D eigenvalue weighted by Gasteiger charge is -2.24. The molecule has 1 aliphatic rings. The van der Waals surface area contributed by atoms with Crippen molar-refractivity contribution in [2.75, 3.05) is 0 Å². The normalized spacial score (nSPS) is 16.9. The van der Waals surface area contributed by atoms with Gasteiger partial charge in [-0.2, -0.15) is 0 Å². The molecule has 2 aromatic carbocycles. The van der Waals surface area contributed by atoms with Crippen molar-refractivity contribution in [1.29, 1.82) is 0 Å². The van der Waals surface area contributed by atoms with Crippen LogP contribution in [-0.4, -0.2) is 4.55 Å². The largest absolute Gasteiger partial charge is 0.606 e. The molecule has 1 aliphatic heterocycles. The zero-order chi connectivity index (χ0) is 13.4. The van der Waals surface area contributed by atoms with Crippen molar-refractivity contribution in [3.05, 3.63) is 58.1 Å². The molecule has 0 aliphatic carbocycles. The summed E-state index contributed by atoms with van der Waals surface area (Å²) < 4.78 is 12.8. The van der Waals surface area contributed by atoms with Gasteiger partial charge in [-0.25, -0.2) is 0 Å². The van der Waals surface area contributed by atoms with Crippen molar-refractivity contribution < 1.29 is 4.55 Å². The number of fused-ring (bicyclic) bond motifs is 2. The van der Waals surface area contributed by atoms with E-state index in [4.69, 9.17) is 11.6 Å². The Morgan fingerprint density at radius 2 is 2.00 bits per heavy atom. The van der Waals surface area contributed by atoms with Gasteiger partial charge in [0.25, 0.3) is 0 Å². The van der Waals surface area contributed by atoms with E-state index in [9.17, 15) is 4.55 Å². The number of aryl methyl sites for hydroxylation is 1. The van der Waals surface area contributed by atoms with Crippen molar-refractivity contribution in [1.82, 2.24) is 0 Å². The summed E-state index contributed by atoms with van der Waals surface area (Å²) in [4.78, 5) is 1.89. The molecule has 1 heterocycles. The maximum Gasteiger partial charge on any atom is 0.166 e. The van der Waals surface area contributed by atoms with Crippen LogP contribution in [0.25, 0.3) is 0 Å². The first-order valence-corrected chi connectivity index (χ1v) is 8.05. The zero-order valence-electron chi connectivity index (χ0n) is 10.8. The third-order valence-electron chi connectivity index (χ3n) is 3.53. The molecule has 1 unspecified atom stereocenters. The molecule has 0 bridgehead atoms. The van der Waals surface area contributed by atoms with E-state index in [0.717, 1.165) is 45.2 Å². The maximum atomic E-state index is 12.8. The lowest BCUT2D eigenvalue weighted by atomic mass is 10.00. The molecule has 0 spiro atoms. The summed E-state index contributed by atoms with van der Waals surface area (Å²) in [6.07, 6.45) is 2.79. The van der Waals surface area contributed by atoms with Gasteiger partial charge in [-0.1, -0.05) is 49.2 Å². The van der Waals surface area contributed by atoms with E-state index >= 15 is 0 Å². The fourth-order valence-electron chi connectivity index (χ4n) is 2.65. The van der Waals surface area contributed by atoms with Gasteiger partial charge in [0.2, 0.25) is 0 Å². The van der Waals surface area contributed by atoms with Gasteiger partial charge < -0.3 is 4.55 Å². The average molecular weight is 291 g/mol. The van der Waals surface area contributed by atoms with Crippen molar-refractivity contribution in [3.8, 4) is 0 Å². The maximum absolute atomic E-state index is 12.8. The van der Waals surface area contributed by atoms with Gasteiger partial charge in [0.1, 0.15) is 0 Å². The molecular formula is C16H15ClOS. The van der Waals surface area contributed by atoms with Crippen molar-refractivity contribution >= 4 is 22.8 Å². The Hall–Kier alpha value is -0.960. The van der Waals surface area contributed by atoms with E-state index in [1.165, 1.54) is 5.56 Å². The van der Waals surface area contributed by atoms with Crippen LogP contribution in [0, 0.1) is 0 Å². The fraction of sp³-hybridized carbons (Fsp3) is 0.250. The van der Waals surface area contributed by atoms with E-state index in [1.807, 2.05) is 36.4 Å². The van der Waals surface area contributed by atoms with Crippen molar-refractivity contribution in [2.45, 2.75) is 36.0 Å². The minimum absolute atomic E-state index is 0.734. The highest BCUT2D eigenvalue weighted by atomic mass is 35.5. The van der Waals surface area contributed by atoms with E-state index in [0.29, 0.717) is 0 Å². The molecule has 0 fully saturated rings. The highest BCUT2D eigenvalue weighted by Gasteiger charge is 2.31. The first-order chi connectivity index (χ1) is 9.22. The van der Waals surface area contributed by atoms with E-state index in [1.54, 1.807) is 0 Å². The second-order valence-electron chi connectivity index (χ2n) is 4.82. The summed E-state index contributed by atoms with van der Waals surface area (Å²) in [6.45, 7) is 2.14. The number of hydrogen-bond acceptors (Lipinski definition) is 1. The highest BCUT2D eigenvalue weighted by Crippen LogP contribution is 2.39. The first-order valence-electron chi connectivity index (χ1n) is 6.52. The molecule has 3 rings (SSSR count). The van der Waals surface area contributed by atoms with Crippen LogP contribution < -0.4 is 0 Å². The van der Waals surface area contributed by atoms with Crippen LogP contribution in [0.5, 0.6) is 0 Å². The minimum Gasteiger partial charge on any atom is -0.606 e. The summed E-state index contributed by atoms with van der Waals surface area (Å²) in [6, 6.07) is 11.9. The Labute approximate surface area is 121 Å². The lowest BCUT2D eigenvalue weighted by molar-refractivity contribution is 0.589. The molecular weight excluding hydrogens is 276 g/mol. The standard InChI is InChI=1S/C16H15ClOS/c1-2-5-11-8-9-14(17)13-10-12-6-3-4-7-15(12)19(18)16(11)13/h3-4,6-9H,2,5,10H2,1H3. The molecule has 1 atom stereocenters. The number of halogens is 1. The Morgan fingerprint density at radius 1 is 1.21 bits per heavy atom. The van der Waals surface area contributed by atoms with E-state index in [2.05, 4.69) is 6.92 Å². The van der Waals surface area contributed by atoms with E-state index in [-0.39, 0.29) is 0 Å². The minimum atomic E-state index is -1.10. The molecule has 0 saturated heterocycles. The number of benzene rings is 2. The van der Waals surface area contributed by atoms with E-state index < -0.39 is 11.2 Å². The van der Waals surface area contributed by atoms with Crippen molar-refractivity contribution in [3.63, 3.8) is 0 Å². The predicted molar refractivity (Wildman–Crippen MR) is 79.4 cm³/mol. The highest BCUT2D eigenvalue weighted by molar-refractivity contribution is 7.91. The third-order valence-corrected chi connectivity index (χ3v) is 5.56. The Bertz CT molecular complexity index is 624. The zero-order valence-corrected chi connectivity index (χ0v) is 12.4. The molecule has 19 heavy (non-hydrogen) atoms. The van der Waals surface area contributed by atoms with Crippen LogP contribution >= 0.6 is 11.6 Å². The summed E-state index contributed by atoms with van der Waals surface area (Å²) in [7, 11) is 0. The topological polar surface area (TPSA) is 23.1 Å². The van der Waals surface area contributed by atoms with Crippen LogP contribution in [0.15, 0.2) is 46.2 Å². The molecule has 0 N–H and O–H groups in total. The SMILES string of the molecule is CCCc1ccc(Cl)c2c1[S+]([O-])c1ccccc1C2. The van der Waals surface area contributed by atoms with Gasteiger partial charge in [-0.05, 0) is 18.6 Å². The summed E-state index contributed by atoms with van der Waals surface area (Å²) in [5.74, 6) is 0. The monoisotopic (exact) mass is 290 g/mol. The Balaban J connectivity index is 2.19. The smallest absolute Gasteiger partial charge is 0.166 e. The Kier molecular flexibility index (Phi) is 3.57. The summed E-state index contributed by atoms with van der Waals surface area (Å²) in [5.41, 5.74) is 3.35. The molecule has 0 amide bonds. The number of rotatable bonds is 2. The van der Waals surface area contributed by atoms with Gasteiger partial charge in [-0.3, -0.25) is 0 Å². The third kappa shape index (κ3) is 2.18. The van der Waals surface area contributed by atoms with Gasteiger partial charge in [0.05, 0.1) is 0 Å². The van der Waals surface area contributed by atoms with Crippen molar-refractivity contribution in [2.24, 2.45) is 0 Å². The molecule has 3 heteroatoms. The second kappa shape index (κ2) is 5.20. The van der Waals surface area contributed by atoms with Crippen LogP contribution in [0.1, 0.15) is 30.0 Å². The second-order valence-corrected chi connectivity index (χ2v) is 6.61. The average Bonchev–Trinajstić information content (AvgIpc) is 2.43. The Morgan fingerprint density at radius 3 is 2.79 bits per heavy atom. The molecule has 0 radical (unpaired) electrons. The molecule has 98 valence electrons. The summed E-state index contributed by atoms with van der Waals surface area (Å²) in [5, 5.41) is 0.734. The van der Waals surface area contributed by atoms with Gasteiger partial charge >= 0.3 is 0 Å². The van der Waals surface area contributed by atoms with Gasteiger partial charge in [-0.15, -0.1) is 0 Å². The van der Waals surface area contributed by atoms with Gasteiger partial charge in [0.15, 0.2) is 9.79 Å². The quantitative estimate of drug-likeness (QED) is 0.754. The van der Waals surface area contributed by atoms with Crippen LogP contribution in [0.4, 0.5) is 0 Å². The number of hydrogen-bond donors (Lipinski definition) is 0. The summed E-state index contributed by atoms with van der Waals surface area (Å²) >= 11 is 5.21. The van der Waals surface area contributed by atoms with Crippen LogP contribution in [0.2, 0.25) is 5.02 Å². The van der Waals surface area contributed by atoms with Crippen LogP contribution in [0.3, 0.4) is 0 Å². The van der Waals surface area contributed by atoms with Crippen LogP contribution in [-0.2, 0) is 24.0 Å². The molecule has 0 aromatic heterocycles. The predicted octanol–water partition coefficient (Wildman–Crippen LogP) is 4.36. The first kappa shape index (κ1) is 13.0. The lowest BCUT2D eigenvalue weighted by Crippen LogP contribution is -2.17.